The van der Waals surface area contributed by atoms with Crippen LogP contribution >= 0.6 is 11.6 Å². The van der Waals surface area contributed by atoms with Gasteiger partial charge in [-0.05, 0) is 18.2 Å². The first-order chi connectivity index (χ1) is 9.69. The summed E-state index contributed by atoms with van der Waals surface area (Å²) in [6, 6.07) is 7.85. The number of carbonyl (C=O) groups excluding carboxylic acids is 1. The minimum Gasteiger partial charge on any atom is -0.369 e. The molecule has 1 fully saturated rings. The van der Waals surface area contributed by atoms with E-state index in [1.807, 2.05) is 18.2 Å². The maximum Gasteiger partial charge on any atom is 0.234 e. The molecular formula is C15H18ClN3O. The number of nitrogens with zero attached hydrogens (tertiary/aromatic N) is 2. The normalized spacial score (nSPS) is 15.7. The number of piperazine rings is 1. The van der Waals surface area contributed by atoms with Crippen LogP contribution in [0.2, 0.25) is 5.02 Å². The summed E-state index contributed by atoms with van der Waals surface area (Å²) in [5.74, 6) is 2.38. The molecule has 0 atom stereocenters. The molecule has 106 valence electrons. The van der Waals surface area contributed by atoms with E-state index in [1.165, 1.54) is 0 Å². The highest BCUT2D eigenvalue weighted by atomic mass is 35.5. The maximum absolute atomic E-state index is 11.6. The molecule has 1 aliphatic heterocycles. The van der Waals surface area contributed by atoms with Crippen molar-refractivity contribution in [1.82, 2.24) is 10.2 Å². The van der Waals surface area contributed by atoms with Gasteiger partial charge in [0, 0.05) is 36.9 Å². The van der Waals surface area contributed by atoms with Gasteiger partial charge >= 0.3 is 0 Å². The summed E-state index contributed by atoms with van der Waals surface area (Å²) in [5.41, 5.74) is 1.13. The number of hydrogen-bond donors (Lipinski definition) is 1. The third-order valence-corrected chi connectivity index (χ3v) is 3.54. The highest BCUT2D eigenvalue weighted by Gasteiger charge is 2.19. The van der Waals surface area contributed by atoms with Crippen LogP contribution in [-0.2, 0) is 4.79 Å². The fourth-order valence-corrected chi connectivity index (χ4v) is 2.43. The smallest absolute Gasteiger partial charge is 0.234 e. The van der Waals surface area contributed by atoms with Crippen LogP contribution in [0.5, 0.6) is 0 Å². The van der Waals surface area contributed by atoms with E-state index in [4.69, 9.17) is 18.0 Å². The lowest BCUT2D eigenvalue weighted by molar-refractivity contribution is -0.122. The van der Waals surface area contributed by atoms with E-state index < -0.39 is 0 Å². The Balaban J connectivity index is 1.81. The van der Waals surface area contributed by atoms with Gasteiger partial charge in [-0.25, -0.2) is 0 Å². The van der Waals surface area contributed by atoms with Crippen LogP contribution < -0.4 is 10.2 Å². The van der Waals surface area contributed by atoms with Crippen molar-refractivity contribution in [3.05, 3.63) is 29.3 Å². The molecule has 0 spiro atoms. The fraction of sp³-hybridized carbons (Fsp3) is 0.400. The van der Waals surface area contributed by atoms with Crippen LogP contribution in [0, 0.1) is 12.3 Å². The lowest BCUT2D eigenvalue weighted by Crippen LogP contribution is -2.49. The molecule has 1 aromatic carbocycles. The van der Waals surface area contributed by atoms with Gasteiger partial charge in [0.05, 0.1) is 13.1 Å². The number of hydrogen-bond acceptors (Lipinski definition) is 3. The van der Waals surface area contributed by atoms with Gasteiger partial charge in [-0.1, -0.05) is 23.6 Å². The van der Waals surface area contributed by atoms with Gasteiger partial charge in [0.1, 0.15) is 0 Å². The number of rotatable bonds is 4. The standard InChI is InChI=1S/C15H18ClN3O/c1-2-6-17-15(20)12-18-7-9-19(10-8-18)14-5-3-4-13(16)11-14/h1,3-5,11H,6-10,12H2,(H,17,20). The quantitative estimate of drug-likeness (QED) is 0.847. The second-order valence-electron chi connectivity index (χ2n) is 4.72. The maximum atomic E-state index is 11.6. The Labute approximate surface area is 124 Å². The number of anilines is 1. The number of halogens is 1. The minimum absolute atomic E-state index is 0.0147. The Morgan fingerprint density at radius 2 is 2.10 bits per heavy atom. The summed E-state index contributed by atoms with van der Waals surface area (Å²) in [4.78, 5) is 16.0. The first-order valence-electron chi connectivity index (χ1n) is 6.62. The second kappa shape index (κ2) is 7.18. The van der Waals surface area contributed by atoms with Crippen molar-refractivity contribution in [2.45, 2.75) is 0 Å². The zero-order chi connectivity index (χ0) is 14.4. The Bertz CT molecular complexity index is 504. The van der Waals surface area contributed by atoms with E-state index >= 15 is 0 Å². The highest BCUT2D eigenvalue weighted by Crippen LogP contribution is 2.20. The van der Waals surface area contributed by atoms with Gasteiger partial charge in [-0.15, -0.1) is 6.42 Å². The fourth-order valence-electron chi connectivity index (χ4n) is 2.25. The average Bonchev–Trinajstić information content (AvgIpc) is 2.46. The molecule has 1 aromatic rings. The molecule has 4 nitrogen and oxygen atoms in total. The predicted octanol–water partition coefficient (Wildman–Crippen LogP) is 1.21. The highest BCUT2D eigenvalue weighted by molar-refractivity contribution is 6.30. The molecule has 1 saturated heterocycles. The number of benzene rings is 1. The van der Waals surface area contributed by atoms with Gasteiger partial charge in [0.2, 0.25) is 5.91 Å². The van der Waals surface area contributed by atoms with Crippen molar-refractivity contribution in [3.63, 3.8) is 0 Å². The van der Waals surface area contributed by atoms with E-state index in [0.29, 0.717) is 13.1 Å². The zero-order valence-corrected chi connectivity index (χ0v) is 12.1. The molecule has 0 saturated carbocycles. The monoisotopic (exact) mass is 291 g/mol. The summed E-state index contributed by atoms with van der Waals surface area (Å²) in [5, 5.41) is 3.43. The van der Waals surface area contributed by atoms with Crippen molar-refractivity contribution >= 4 is 23.2 Å². The van der Waals surface area contributed by atoms with Crippen molar-refractivity contribution in [2.75, 3.05) is 44.2 Å². The van der Waals surface area contributed by atoms with Crippen LogP contribution in [0.3, 0.4) is 0 Å². The number of amides is 1. The lowest BCUT2D eigenvalue weighted by atomic mass is 10.2. The average molecular weight is 292 g/mol. The molecule has 1 aliphatic rings. The molecule has 5 heteroatoms. The van der Waals surface area contributed by atoms with Gasteiger partial charge in [0.25, 0.3) is 0 Å². The largest absolute Gasteiger partial charge is 0.369 e. The first kappa shape index (κ1) is 14.7. The van der Waals surface area contributed by atoms with Gasteiger partial charge < -0.3 is 10.2 Å². The van der Waals surface area contributed by atoms with E-state index in [9.17, 15) is 4.79 Å². The molecule has 0 aromatic heterocycles. The van der Waals surface area contributed by atoms with Crippen molar-refractivity contribution in [3.8, 4) is 12.3 Å². The van der Waals surface area contributed by atoms with Gasteiger partial charge in [-0.2, -0.15) is 0 Å². The van der Waals surface area contributed by atoms with Crippen molar-refractivity contribution < 1.29 is 4.79 Å². The third-order valence-electron chi connectivity index (χ3n) is 3.30. The van der Waals surface area contributed by atoms with Crippen molar-refractivity contribution in [2.24, 2.45) is 0 Å². The zero-order valence-electron chi connectivity index (χ0n) is 11.3. The van der Waals surface area contributed by atoms with E-state index in [-0.39, 0.29) is 5.91 Å². The van der Waals surface area contributed by atoms with Gasteiger partial charge in [-0.3, -0.25) is 9.69 Å². The molecule has 1 heterocycles. The molecule has 20 heavy (non-hydrogen) atoms. The van der Waals surface area contributed by atoms with E-state index in [0.717, 1.165) is 36.9 Å². The van der Waals surface area contributed by atoms with E-state index in [1.54, 1.807) is 0 Å². The minimum atomic E-state index is -0.0147. The summed E-state index contributed by atoms with van der Waals surface area (Å²) in [6.45, 7) is 4.20. The van der Waals surface area contributed by atoms with Gasteiger partial charge in [0.15, 0.2) is 0 Å². The number of terminal acetylenes is 1. The molecule has 2 rings (SSSR count). The van der Waals surface area contributed by atoms with Crippen molar-refractivity contribution in [1.29, 1.82) is 0 Å². The Morgan fingerprint density at radius 3 is 2.75 bits per heavy atom. The SMILES string of the molecule is C#CCNC(=O)CN1CCN(c2cccc(Cl)c2)CC1. The Morgan fingerprint density at radius 1 is 1.35 bits per heavy atom. The van der Waals surface area contributed by atoms with Crippen LogP contribution in [-0.4, -0.2) is 50.1 Å². The summed E-state index contributed by atoms with van der Waals surface area (Å²) >= 11 is 6.00. The third kappa shape index (κ3) is 4.16. The molecule has 0 bridgehead atoms. The summed E-state index contributed by atoms with van der Waals surface area (Å²) < 4.78 is 0. The molecular weight excluding hydrogens is 274 g/mol. The van der Waals surface area contributed by atoms with Crippen LogP contribution in [0.25, 0.3) is 0 Å². The molecule has 0 radical (unpaired) electrons. The number of carbonyl (C=O) groups is 1. The van der Waals surface area contributed by atoms with E-state index in [2.05, 4.69) is 27.1 Å². The predicted molar refractivity (Wildman–Crippen MR) is 81.9 cm³/mol. The lowest BCUT2D eigenvalue weighted by Gasteiger charge is -2.35. The molecule has 0 unspecified atom stereocenters. The molecule has 1 amide bonds. The molecule has 1 N–H and O–H groups in total. The molecule has 0 aliphatic carbocycles. The van der Waals surface area contributed by atoms with Crippen LogP contribution in [0.1, 0.15) is 0 Å². The first-order valence-corrected chi connectivity index (χ1v) is 7.00. The summed E-state index contributed by atoms with van der Waals surface area (Å²) in [6.07, 6.45) is 5.11. The van der Waals surface area contributed by atoms with Crippen LogP contribution in [0.15, 0.2) is 24.3 Å². The Hall–Kier alpha value is -1.70. The second-order valence-corrected chi connectivity index (χ2v) is 5.16. The van der Waals surface area contributed by atoms with Crippen LogP contribution in [0.4, 0.5) is 5.69 Å². The number of nitrogens with one attached hydrogen (secondary N) is 1. The summed E-state index contributed by atoms with van der Waals surface area (Å²) in [7, 11) is 0. The Kier molecular flexibility index (Phi) is 5.28. The topological polar surface area (TPSA) is 35.6 Å².